The lowest BCUT2D eigenvalue weighted by Gasteiger charge is -2.29. The van der Waals surface area contributed by atoms with Gasteiger partial charge in [0.05, 0.1) is 23.5 Å². The van der Waals surface area contributed by atoms with Gasteiger partial charge in [-0.1, -0.05) is 6.07 Å². The molecule has 0 bridgehead atoms. The largest absolute Gasteiger partial charge is 0.352 e. The van der Waals surface area contributed by atoms with Crippen molar-refractivity contribution in [2.75, 3.05) is 16.8 Å². The standard InChI is InChI=1S/C20H20N4/c1-12-7-14(3)18(8-13(12)2)24-15(4)23(6)20-16(11-21)9-17(22-5)10-19(20)24/h7-10,15H,1-4,6H3/t15-/m0/s1. The maximum atomic E-state index is 9.52. The van der Waals surface area contributed by atoms with Crippen LogP contribution in [-0.2, 0) is 0 Å². The second kappa shape index (κ2) is 5.58. The highest BCUT2D eigenvalue weighted by atomic mass is 15.4. The number of anilines is 3. The maximum Gasteiger partial charge on any atom is 0.190 e. The van der Waals surface area contributed by atoms with Crippen LogP contribution in [0.4, 0.5) is 22.7 Å². The van der Waals surface area contributed by atoms with Gasteiger partial charge in [0.25, 0.3) is 0 Å². The number of rotatable bonds is 1. The second-order valence-electron chi connectivity index (χ2n) is 6.42. The van der Waals surface area contributed by atoms with Crippen molar-refractivity contribution in [3.8, 4) is 6.07 Å². The fourth-order valence-corrected chi connectivity index (χ4v) is 3.41. The van der Waals surface area contributed by atoms with Crippen LogP contribution in [-0.4, -0.2) is 13.2 Å². The molecule has 1 heterocycles. The van der Waals surface area contributed by atoms with Crippen LogP contribution in [0, 0.1) is 38.7 Å². The number of hydrogen-bond acceptors (Lipinski definition) is 3. The Morgan fingerprint density at radius 3 is 2.33 bits per heavy atom. The van der Waals surface area contributed by atoms with Crippen molar-refractivity contribution in [2.24, 2.45) is 0 Å². The molecule has 0 amide bonds. The average molecular weight is 316 g/mol. The Kier molecular flexibility index (Phi) is 3.70. The smallest absolute Gasteiger partial charge is 0.190 e. The first kappa shape index (κ1) is 15.9. The first-order valence-electron chi connectivity index (χ1n) is 7.94. The number of nitrogens with zero attached hydrogens (tertiary/aromatic N) is 4. The Morgan fingerprint density at radius 1 is 1.04 bits per heavy atom. The van der Waals surface area contributed by atoms with E-state index in [9.17, 15) is 5.26 Å². The van der Waals surface area contributed by atoms with Gasteiger partial charge in [0.1, 0.15) is 12.2 Å². The molecule has 0 N–H and O–H groups in total. The molecule has 1 aliphatic rings. The first-order valence-corrected chi connectivity index (χ1v) is 7.94. The monoisotopic (exact) mass is 316 g/mol. The molecule has 4 heteroatoms. The average Bonchev–Trinajstić information content (AvgIpc) is 2.81. The number of nitriles is 1. The van der Waals surface area contributed by atoms with Crippen molar-refractivity contribution in [2.45, 2.75) is 33.9 Å². The van der Waals surface area contributed by atoms with E-state index in [0.29, 0.717) is 11.3 Å². The molecule has 0 radical (unpaired) electrons. The van der Waals surface area contributed by atoms with Crippen LogP contribution >= 0.6 is 0 Å². The third-order valence-electron chi connectivity index (χ3n) is 4.94. The van der Waals surface area contributed by atoms with Gasteiger partial charge < -0.3 is 9.80 Å². The van der Waals surface area contributed by atoms with E-state index in [1.54, 1.807) is 6.07 Å². The van der Waals surface area contributed by atoms with Gasteiger partial charge in [0.2, 0.25) is 0 Å². The van der Waals surface area contributed by atoms with Crippen LogP contribution < -0.4 is 9.80 Å². The minimum Gasteiger partial charge on any atom is -0.352 e. The van der Waals surface area contributed by atoms with Gasteiger partial charge in [-0.25, -0.2) is 4.85 Å². The zero-order valence-corrected chi connectivity index (χ0v) is 14.7. The summed E-state index contributed by atoms with van der Waals surface area (Å²) < 4.78 is 0. The topological polar surface area (TPSA) is 34.6 Å². The van der Waals surface area contributed by atoms with E-state index >= 15 is 0 Å². The van der Waals surface area contributed by atoms with E-state index in [2.05, 4.69) is 60.5 Å². The SMILES string of the molecule is [C-]#[N+]c1cc(C#N)c2c(c1)N(c1cc(C)c(C)cc1C)[C@@H](C)N2C. The zero-order valence-electron chi connectivity index (χ0n) is 14.7. The maximum absolute atomic E-state index is 9.52. The summed E-state index contributed by atoms with van der Waals surface area (Å²) in [6.45, 7) is 15.8. The quantitative estimate of drug-likeness (QED) is 0.697. The van der Waals surface area contributed by atoms with Gasteiger partial charge in [0, 0.05) is 12.7 Å². The molecule has 0 aromatic heterocycles. The molecule has 1 atom stereocenters. The molecule has 0 saturated carbocycles. The van der Waals surface area contributed by atoms with Crippen LogP contribution in [0.25, 0.3) is 4.85 Å². The van der Waals surface area contributed by atoms with Crippen LogP contribution in [0.5, 0.6) is 0 Å². The number of hydrogen-bond donors (Lipinski definition) is 0. The Hall–Kier alpha value is -2.98. The van der Waals surface area contributed by atoms with Crippen LogP contribution in [0.2, 0.25) is 0 Å². The fraction of sp³-hybridized carbons (Fsp3) is 0.300. The van der Waals surface area contributed by atoms with Gasteiger partial charge in [-0.3, -0.25) is 0 Å². The van der Waals surface area contributed by atoms with Gasteiger partial charge in [-0.05, 0) is 62.6 Å². The van der Waals surface area contributed by atoms with Crippen molar-refractivity contribution in [1.29, 1.82) is 5.26 Å². The summed E-state index contributed by atoms with van der Waals surface area (Å²) in [6, 6.07) is 10.2. The minimum atomic E-state index is 0.0777. The van der Waals surface area contributed by atoms with Gasteiger partial charge in [0.15, 0.2) is 5.69 Å². The summed E-state index contributed by atoms with van der Waals surface area (Å²) in [5, 5.41) is 9.52. The Labute approximate surface area is 143 Å². The third kappa shape index (κ3) is 2.20. The van der Waals surface area contributed by atoms with Crippen LogP contribution in [0.1, 0.15) is 29.2 Å². The van der Waals surface area contributed by atoms with Gasteiger partial charge >= 0.3 is 0 Å². The van der Waals surface area contributed by atoms with Crippen molar-refractivity contribution in [1.82, 2.24) is 0 Å². The Morgan fingerprint density at radius 2 is 1.71 bits per heavy atom. The molecule has 2 aromatic carbocycles. The molecule has 1 aliphatic heterocycles. The number of fused-ring (bicyclic) bond motifs is 1. The van der Waals surface area contributed by atoms with Crippen LogP contribution in [0.3, 0.4) is 0 Å². The predicted octanol–water partition coefficient (Wildman–Crippen LogP) is 4.97. The first-order chi connectivity index (χ1) is 11.4. The third-order valence-corrected chi connectivity index (χ3v) is 4.94. The van der Waals surface area contributed by atoms with E-state index in [-0.39, 0.29) is 6.17 Å². The number of benzene rings is 2. The molecule has 0 aliphatic carbocycles. The Balaban J connectivity index is 2.29. The molecule has 3 rings (SSSR count). The fourth-order valence-electron chi connectivity index (χ4n) is 3.41. The van der Waals surface area contributed by atoms with E-state index in [0.717, 1.165) is 17.1 Å². The van der Waals surface area contributed by atoms with E-state index in [4.69, 9.17) is 6.57 Å². The number of aryl methyl sites for hydroxylation is 3. The molecule has 0 spiro atoms. The van der Waals surface area contributed by atoms with E-state index in [1.807, 2.05) is 13.1 Å². The summed E-state index contributed by atoms with van der Waals surface area (Å²) in [6.07, 6.45) is 0.0777. The van der Waals surface area contributed by atoms with Crippen molar-refractivity contribution < 1.29 is 0 Å². The molecular weight excluding hydrogens is 296 g/mol. The molecule has 0 fully saturated rings. The van der Waals surface area contributed by atoms with E-state index < -0.39 is 0 Å². The summed E-state index contributed by atoms with van der Waals surface area (Å²) >= 11 is 0. The molecular formula is C20H20N4. The lowest BCUT2D eigenvalue weighted by atomic mass is 10.0. The lowest BCUT2D eigenvalue weighted by molar-refractivity contribution is 0.732. The van der Waals surface area contributed by atoms with Gasteiger partial charge in [-0.2, -0.15) is 5.26 Å². The zero-order chi connectivity index (χ0) is 17.6. The second-order valence-corrected chi connectivity index (χ2v) is 6.42. The molecule has 0 saturated heterocycles. The Bertz CT molecular complexity index is 915. The summed E-state index contributed by atoms with van der Waals surface area (Å²) in [4.78, 5) is 7.88. The highest BCUT2D eigenvalue weighted by Gasteiger charge is 2.34. The van der Waals surface area contributed by atoms with Gasteiger partial charge in [-0.15, -0.1) is 0 Å². The summed E-state index contributed by atoms with van der Waals surface area (Å²) in [5.74, 6) is 0. The molecule has 2 aromatic rings. The van der Waals surface area contributed by atoms with E-state index in [1.165, 1.54) is 16.7 Å². The lowest BCUT2D eigenvalue weighted by Crippen LogP contribution is -2.36. The highest BCUT2D eigenvalue weighted by Crippen LogP contribution is 2.48. The molecule has 0 unspecified atom stereocenters. The van der Waals surface area contributed by atoms with Crippen molar-refractivity contribution >= 4 is 22.7 Å². The molecule has 4 nitrogen and oxygen atoms in total. The van der Waals surface area contributed by atoms with Crippen molar-refractivity contribution in [3.63, 3.8) is 0 Å². The predicted molar refractivity (Wildman–Crippen MR) is 98.1 cm³/mol. The highest BCUT2D eigenvalue weighted by molar-refractivity contribution is 5.90. The van der Waals surface area contributed by atoms with Crippen molar-refractivity contribution in [3.05, 3.63) is 57.9 Å². The minimum absolute atomic E-state index is 0.0777. The molecule has 120 valence electrons. The summed E-state index contributed by atoms with van der Waals surface area (Å²) in [5.41, 5.74) is 7.71. The normalized spacial score (nSPS) is 15.9. The van der Waals surface area contributed by atoms with Crippen LogP contribution in [0.15, 0.2) is 24.3 Å². The summed E-state index contributed by atoms with van der Waals surface area (Å²) in [7, 11) is 2.00. The molecule has 24 heavy (non-hydrogen) atoms.